The Hall–Kier alpha value is -1.09. The molecule has 0 fully saturated rings. The molecule has 0 aromatic carbocycles. The van der Waals surface area contributed by atoms with E-state index in [1.54, 1.807) is 18.3 Å². The van der Waals surface area contributed by atoms with Crippen molar-refractivity contribution in [3.8, 4) is 0 Å². The van der Waals surface area contributed by atoms with Crippen molar-refractivity contribution in [3.63, 3.8) is 0 Å². The number of nitrogens with zero attached hydrogens (tertiary/aromatic N) is 1. The Morgan fingerprint density at radius 3 is 2.65 bits per heavy atom. The predicted molar refractivity (Wildman–Crippen MR) is 70.2 cm³/mol. The molecule has 1 aromatic heterocycles. The van der Waals surface area contributed by atoms with Crippen molar-refractivity contribution in [2.24, 2.45) is 5.92 Å². The minimum Gasteiger partial charge on any atom is -0.349 e. The molecule has 0 spiro atoms. The summed E-state index contributed by atoms with van der Waals surface area (Å²) in [5, 5.41) is 3.34. The van der Waals surface area contributed by atoms with E-state index in [2.05, 4.69) is 24.1 Å². The fourth-order valence-electron chi connectivity index (χ4n) is 1.95. The molecule has 1 atom stereocenters. The highest BCUT2D eigenvalue weighted by Gasteiger charge is 2.16. The number of nitrogens with one attached hydrogen (secondary N) is 1. The van der Waals surface area contributed by atoms with Crippen LogP contribution >= 0.6 is 11.6 Å². The van der Waals surface area contributed by atoms with Crippen LogP contribution in [0.25, 0.3) is 0 Å². The summed E-state index contributed by atoms with van der Waals surface area (Å²) >= 11 is 5.75. The molecule has 0 radical (unpaired) electrons. The summed E-state index contributed by atoms with van der Waals surface area (Å²) in [5.41, 5.74) is 0.558. The Balaban J connectivity index is 2.66. The van der Waals surface area contributed by atoms with Gasteiger partial charge in [-0.3, -0.25) is 4.79 Å². The van der Waals surface area contributed by atoms with Gasteiger partial charge in [0.25, 0.3) is 5.91 Å². The predicted octanol–water partition coefficient (Wildman–Crippen LogP) is 3.29. The fraction of sp³-hybridized carbons (Fsp3) is 0.538. The second-order valence-corrected chi connectivity index (χ2v) is 4.59. The lowest BCUT2D eigenvalue weighted by Crippen LogP contribution is -2.37. The third-order valence-electron chi connectivity index (χ3n) is 3.10. The third-order valence-corrected chi connectivity index (χ3v) is 3.31. The Bertz CT molecular complexity index is 377. The van der Waals surface area contributed by atoms with Gasteiger partial charge < -0.3 is 5.32 Å². The number of halogens is 1. The van der Waals surface area contributed by atoms with E-state index < -0.39 is 0 Å². The zero-order valence-electron chi connectivity index (χ0n) is 10.5. The quantitative estimate of drug-likeness (QED) is 0.820. The Morgan fingerprint density at radius 2 is 2.12 bits per heavy atom. The summed E-state index contributed by atoms with van der Waals surface area (Å²) in [6.07, 6.45) is 3.67. The summed E-state index contributed by atoms with van der Waals surface area (Å²) in [7, 11) is 0. The molecular weight excluding hydrogens is 236 g/mol. The average molecular weight is 255 g/mol. The third kappa shape index (κ3) is 4.00. The van der Waals surface area contributed by atoms with Gasteiger partial charge in [-0.1, -0.05) is 38.3 Å². The van der Waals surface area contributed by atoms with Crippen LogP contribution in [0.15, 0.2) is 18.3 Å². The highest BCUT2D eigenvalue weighted by Crippen LogP contribution is 2.14. The van der Waals surface area contributed by atoms with Gasteiger partial charge in [-0.15, -0.1) is 0 Å². The molecule has 1 N–H and O–H groups in total. The van der Waals surface area contributed by atoms with Crippen molar-refractivity contribution < 1.29 is 4.79 Å². The minimum absolute atomic E-state index is 0.0892. The van der Waals surface area contributed by atoms with Gasteiger partial charge in [-0.25, -0.2) is 4.98 Å². The second-order valence-electron chi connectivity index (χ2n) is 4.21. The van der Waals surface area contributed by atoms with Crippen LogP contribution in [0, 0.1) is 5.92 Å². The van der Waals surface area contributed by atoms with Crippen LogP contribution in [-0.2, 0) is 0 Å². The van der Waals surface area contributed by atoms with Crippen LogP contribution in [0.1, 0.15) is 44.0 Å². The van der Waals surface area contributed by atoms with Crippen molar-refractivity contribution >= 4 is 17.5 Å². The molecule has 0 saturated carbocycles. The molecule has 0 aliphatic rings. The van der Waals surface area contributed by atoms with Crippen molar-refractivity contribution in [1.29, 1.82) is 0 Å². The van der Waals surface area contributed by atoms with Gasteiger partial charge in [0.05, 0.1) is 0 Å². The summed E-state index contributed by atoms with van der Waals surface area (Å²) < 4.78 is 0. The van der Waals surface area contributed by atoms with Gasteiger partial charge in [0.2, 0.25) is 0 Å². The van der Waals surface area contributed by atoms with Gasteiger partial charge in [0, 0.05) is 17.8 Å². The molecule has 94 valence electrons. The number of hydrogen-bond acceptors (Lipinski definition) is 2. The number of hydrogen-bond donors (Lipinski definition) is 1. The molecule has 1 heterocycles. The molecule has 0 saturated heterocycles. The molecule has 1 rings (SSSR count). The van der Waals surface area contributed by atoms with E-state index in [1.807, 2.05) is 6.92 Å². The Labute approximate surface area is 108 Å². The maximum absolute atomic E-state index is 11.9. The average Bonchev–Trinajstić information content (AvgIpc) is 2.30. The standard InChI is InChI=1S/C13H19ClN2O/c1-4-10(5-2)9(3)16-13(17)11-6-7-15-12(14)8-11/h6-10H,4-5H2,1-3H3,(H,16,17). The van der Waals surface area contributed by atoms with Crippen LogP contribution in [0.3, 0.4) is 0 Å². The zero-order chi connectivity index (χ0) is 12.8. The summed E-state index contributed by atoms with van der Waals surface area (Å²) in [5.74, 6) is 0.421. The largest absolute Gasteiger partial charge is 0.349 e. The first-order valence-corrected chi connectivity index (χ1v) is 6.38. The molecule has 0 aliphatic carbocycles. The van der Waals surface area contributed by atoms with E-state index in [9.17, 15) is 4.79 Å². The molecular formula is C13H19ClN2O. The maximum Gasteiger partial charge on any atom is 0.251 e. The molecule has 4 heteroatoms. The fourth-order valence-corrected chi connectivity index (χ4v) is 2.12. The Morgan fingerprint density at radius 1 is 1.47 bits per heavy atom. The summed E-state index contributed by atoms with van der Waals surface area (Å²) in [6, 6.07) is 3.42. The van der Waals surface area contributed by atoms with E-state index in [4.69, 9.17) is 11.6 Å². The Kier molecular flexibility index (Phi) is 5.42. The molecule has 0 bridgehead atoms. The molecule has 1 unspecified atom stereocenters. The van der Waals surface area contributed by atoms with E-state index >= 15 is 0 Å². The van der Waals surface area contributed by atoms with Gasteiger partial charge >= 0.3 is 0 Å². The van der Waals surface area contributed by atoms with Crippen molar-refractivity contribution in [2.75, 3.05) is 0 Å². The zero-order valence-corrected chi connectivity index (χ0v) is 11.3. The maximum atomic E-state index is 11.9. The molecule has 1 amide bonds. The highest BCUT2D eigenvalue weighted by molar-refractivity contribution is 6.29. The van der Waals surface area contributed by atoms with E-state index in [0.717, 1.165) is 12.8 Å². The topological polar surface area (TPSA) is 42.0 Å². The van der Waals surface area contributed by atoms with Crippen molar-refractivity contribution in [3.05, 3.63) is 29.0 Å². The number of carbonyl (C=O) groups excluding carboxylic acids is 1. The van der Waals surface area contributed by atoms with Crippen LogP contribution < -0.4 is 5.32 Å². The lowest BCUT2D eigenvalue weighted by molar-refractivity contribution is 0.0925. The highest BCUT2D eigenvalue weighted by atomic mass is 35.5. The minimum atomic E-state index is -0.0892. The summed E-state index contributed by atoms with van der Waals surface area (Å²) in [4.78, 5) is 15.8. The number of amides is 1. The number of aromatic nitrogens is 1. The number of carbonyl (C=O) groups is 1. The lowest BCUT2D eigenvalue weighted by atomic mass is 9.95. The normalized spacial score (nSPS) is 12.5. The van der Waals surface area contributed by atoms with E-state index in [0.29, 0.717) is 16.6 Å². The first-order valence-electron chi connectivity index (χ1n) is 6.00. The van der Waals surface area contributed by atoms with Crippen molar-refractivity contribution in [1.82, 2.24) is 10.3 Å². The van der Waals surface area contributed by atoms with Crippen LogP contribution in [-0.4, -0.2) is 16.9 Å². The summed E-state index contributed by atoms with van der Waals surface area (Å²) in [6.45, 7) is 6.32. The monoisotopic (exact) mass is 254 g/mol. The number of pyridine rings is 1. The van der Waals surface area contributed by atoms with Gasteiger partial charge in [-0.05, 0) is 25.0 Å². The van der Waals surface area contributed by atoms with Gasteiger partial charge in [0.1, 0.15) is 5.15 Å². The molecule has 3 nitrogen and oxygen atoms in total. The molecule has 0 aliphatic heterocycles. The SMILES string of the molecule is CCC(CC)C(C)NC(=O)c1ccnc(Cl)c1. The first-order chi connectivity index (χ1) is 8.08. The van der Waals surface area contributed by atoms with E-state index in [1.165, 1.54) is 0 Å². The van der Waals surface area contributed by atoms with Crippen LogP contribution in [0.2, 0.25) is 5.15 Å². The second kappa shape index (κ2) is 6.60. The van der Waals surface area contributed by atoms with Crippen LogP contribution in [0.5, 0.6) is 0 Å². The lowest BCUT2D eigenvalue weighted by Gasteiger charge is -2.22. The molecule has 17 heavy (non-hydrogen) atoms. The smallest absolute Gasteiger partial charge is 0.251 e. The van der Waals surface area contributed by atoms with E-state index in [-0.39, 0.29) is 11.9 Å². The van der Waals surface area contributed by atoms with Crippen LogP contribution in [0.4, 0.5) is 0 Å². The number of rotatable bonds is 5. The first kappa shape index (κ1) is 14.0. The molecule has 1 aromatic rings. The van der Waals surface area contributed by atoms with Crippen molar-refractivity contribution in [2.45, 2.75) is 39.7 Å². The van der Waals surface area contributed by atoms with Gasteiger partial charge in [0.15, 0.2) is 0 Å². The van der Waals surface area contributed by atoms with Gasteiger partial charge in [-0.2, -0.15) is 0 Å².